The van der Waals surface area contributed by atoms with E-state index in [1.165, 1.54) is 12.0 Å². The Labute approximate surface area is 190 Å². The zero-order valence-corrected chi connectivity index (χ0v) is 18.6. The summed E-state index contributed by atoms with van der Waals surface area (Å²) in [5, 5.41) is 11.7. The summed E-state index contributed by atoms with van der Waals surface area (Å²) in [7, 11) is 1.48. The number of Topliss-reactive ketones (excluding diaryl/α,β-unsaturated/α-hetero) is 1. The molecule has 2 aromatic carbocycles. The van der Waals surface area contributed by atoms with E-state index in [9.17, 15) is 19.5 Å². The zero-order valence-electron chi connectivity index (χ0n) is 17.8. The van der Waals surface area contributed by atoms with Crippen LogP contribution in [0.4, 0.5) is 5.69 Å². The number of amides is 2. The maximum Gasteiger partial charge on any atom is 0.296 e. The number of benzene rings is 2. The van der Waals surface area contributed by atoms with Gasteiger partial charge in [-0.05, 0) is 36.8 Å². The Morgan fingerprint density at radius 2 is 1.75 bits per heavy atom. The zero-order chi connectivity index (χ0) is 23.0. The number of hydrogen-bond acceptors (Lipinski definition) is 5. The lowest BCUT2D eigenvalue weighted by Crippen LogP contribution is -2.52. The molecule has 1 fully saturated rings. The van der Waals surface area contributed by atoms with E-state index in [4.69, 9.17) is 16.3 Å². The van der Waals surface area contributed by atoms with E-state index in [0.717, 1.165) is 0 Å². The Morgan fingerprint density at radius 3 is 2.41 bits per heavy atom. The number of para-hydroxylation sites is 1. The van der Waals surface area contributed by atoms with Crippen molar-refractivity contribution in [1.82, 2.24) is 4.90 Å². The highest BCUT2D eigenvalue weighted by Crippen LogP contribution is 2.53. The highest BCUT2D eigenvalue weighted by Gasteiger charge is 2.66. The van der Waals surface area contributed by atoms with Gasteiger partial charge in [-0.3, -0.25) is 14.4 Å². The molecule has 4 rings (SSSR count). The molecule has 1 spiro atoms. The lowest BCUT2D eigenvalue weighted by atomic mass is 9.82. The van der Waals surface area contributed by atoms with Gasteiger partial charge < -0.3 is 19.6 Å². The molecular weight excluding hydrogens is 432 g/mol. The van der Waals surface area contributed by atoms with Crippen LogP contribution in [0, 0.1) is 0 Å². The van der Waals surface area contributed by atoms with Gasteiger partial charge in [-0.2, -0.15) is 0 Å². The molecule has 1 N–H and O–H groups in total. The molecule has 1 unspecified atom stereocenters. The van der Waals surface area contributed by atoms with Gasteiger partial charge in [0.15, 0.2) is 5.54 Å². The first kappa shape index (κ1) is 22.0. The third-order valence-electron chi connectivity index (χ3n) is 5.89. The van der Waals surface area contributed by atoms with Crippen molar-refractivity contribution < 1.29 is 24.2 Å². The molecule has 1 atom stereocenters. The van der Waals surface area contributed by atoms with Crippen LogP contribution in [0.5, 0.6) is 0 Å². The molecule has 0 aromatic heterocycles. The number of aliphatic hydroxyl groups is 1. The Kier molecular flexibility index (Phi) is 5.79. The van der Waals surface area contributed by atoms with E-state index in [1.54, 1.807) is 53.4 Å². The van der Waals surface area contributed by atoms with Crippen LogP contribution in [0.1, 0.15) is 24.5 Å². The van der Waals surface area contributed by atoms with E-state index in [-0.39, 0.29) is 24.3 Å². The summed E-state index contributed by atoms with van der Waals surface area (Å²) in [5.74, 6) is -2.61. The van der Waals surface area contributed by atoms with Gasteiger partial charge in [0.2, 0.25) is 0 Å². The monoisotopic (exact) mass is 454 g/mol. The summed E-state index contributed by atoms with van der Waals surface area (Å²) in [4.78, 5) is 43.3. The van der Waals surface area contributed by atoms with Crippen molar-refractivity contribution in [1.29, 1.82) is 0 Å². The molecule has 2 amide bonds. The molecule has 0 radical (unpaired) electrons. The summed E-state index contributed by atoms with van der Waals surface area (Å²) in [6.45, 7) is 2.49. The minimum absolute atomic E-state index is 0.0124. The molecule has 0 aliphatic carbocycles. The fourth-order valence-corrected chi connectivity index (χ4v) is 4.67. The number of carbonyl (C=O) groups excluding carboxylic acids is 3. The molecule has 1 saturated heterocycles. The number of ether oxygens (including phenoxy) is 1. The molecule has 8 heteroatoms. The van der Waals surface area contributed by atoms with Gasteiger partial charge in [-0.1, -0.05) is 36.7 Å². The first-order valence-corrected chi connectivity index (χ1v) is 10.7. The summed E-state index contributed by atoms with van der Waals surface area (Å²) >= 11 is 5.97. The Morgan fingerprint density at radius 1 is 1.06 bits per heavy atom. The van der Waals surface area contributed by atoms with E-state index in [1.807, 2.05) is 6.92 Å². The lowest BCUT2D eigenvalue weighted by Gasteiger charge is -2.34. The number of halogens is 1. The van der Waals surface area contributed by atoms with Crippen molar-refractivity contribution in [3.63, 3.8) is 0 Å². The van der Waals surface area contributed by atoms with Gasteiger partial charge in [-0.25, -0.2) is 0 Å². The van der Waals surface area contributed by atoms with Crippen LogP contribution in [-0.4, -0.2) is 54.4 Å². The molecule has 7 nitrogen and oxygen atoms in total. The SMILES string of the molecule is CCCN1C(=O)C2(/C(=C(\O)c3ccc(Cl)cc3)C(=O)C(=O)N2CCOC)c2ccccc21. The maximum absolute atomic E-state index is 14.0. The van der Waals surface area contributed by atoms with Crippen LogP contribution >= 0.6 is 11.6 Å². The smallest absolute Gasteiger partial charge is 0.296 e. The number of hydrogen-bond donors (Lipinski definition) is 1. The topological polar surface area (TPSA) is 87.2 Å². The Balaban J connectivity index is 2.05. The summed E-state index contributed by atoms with van der Waals surface area (Å²) in [5.41, 5.74) is -0.605. The molecule has 2 aliphatic rings. The van der Waals surface area contributed by atoms with Gasteiger partial charge in [0.05, 0.1) is 17.9 Å². The number of methoxy groups -OCH3 is 1. The van der Waals surface area contributed by atoms with Crippen LogP contribution in [0.25, 0.3) is 5.76 Å². The van der Waals surface area contributed by atoms with Gasteiger partial charge in [0.25, 0.3) is 17.6 Å². The van der Waals surface area contributed by atoms with Crippen molar-refractivity contribution in [3.05, 3.63) is 70.3 Å². The number of carbonyl (C=O) groups is 3. The van der Waals surface area contributed by atoms with Crippen LogP contribution in [-0.2, 0) is 24.7 Å². The van der Waals surface area contributed by atoms with E-state index in [2.05, 4.69) is 0 Å². The molecule has 166 valence electrons. The fraction of sp³-hybridized carbons (Fsp3) is 0.292. The van der Waals surface area contributed by atoms with Crippen molar-refractivity contribution in [2.24, 2.45) is 0 Å². The second-order valence-electron chi connectivity index (χ2n) is 7.69. The second-order valence-corrected chi connectivity index (χ2v) is 8.13. The summed E-state index contributed by atoms with van der Waals surface area (Å²) in [6, 6.07) is 13.3. The fourth-order valence-electron chi connectivity index (χ4n) is 4.55. The van der Waals surface area contributed by atoms with Crippen LogP contribution < -0.4 is 4.90 Å². The summed E-state index contributed by atoms with van der Waals surface area (Å²) < 4.78 is 5.16. The average Bonchev–Trinajstić information content (AvgIpc) is 3.17. The number of likely N-dealkylation sites (tertiary alicyclic amines) is 1. The van der Waals surface area contributed by atoms with Crippen LogP contribution in [0.15, 0.2) is 54.1 Å². The van der Waals surface area contributed by atoms with Crippen LogP contribution in [0.3, 0.4) is 0 Å². The standard InChI is InChI=1S/C24H23ClN2O5/c1-3-12-26-18-7-5-4-6-17(18)24(23(26)31)19(20(28)15-8-10-16(25)11-9-15)21(29)22(30)27(24)13-14-32-2/h4-11,28H,3,12-14H2,1-2H3/b20-19-. The van der Waals surface area contributed by atoms with Crippen molar-refractivity contribution >= 4 is 40.6 Å². The van der Waals surface area contributed by atoms with E-state index >= 15 is 0 Å². The second kappa shape index (κ2) is 8.41. The van der Waals surface area contributed by atoms with Gasteiger partial charge in [0, 0.05) is 36.3 Å². The number of ketones is 1. The molecule has 0 bridgehead atoms. The molecule has 2 aromatic rings. The predicted octanol–water partition coefficient (Wildman–Crippen LogP) is 3.32. The normalized spacial score (nSPS) is 21.7. The first-order chi connectivity index (χ1) is 15.4. The molecule has 32 heavy (non-hydrogen) atoms. The molecule has 0 saturated carbocycles. The minimum Gasteiger partial charge on any atom is -0.507 e. The molecular formula is C24H23ClN2O5. The van der Waals surface area contributed by atoms with Gasteiger partial charge >= 0.3 is 0 Å². The van der Waals surface area contributed by atoms with Crippen molar-refractivity contribution in [2.45, 2.75) is 18.9 Å². The Hall–Kier alpha value is -3.16. The lowest BCUT2D eigenvalue weighted by molar-refractivity contribution is -0.144. The third-order valence-corrected chi connectivity index (χ3v) is 6.15. The van der Waals surface area contributed by atoms with Gasteiger partial charge in [-0.15, -0.1) is 0 Å². The number of fused-ring (bicyclic) bond motifs is 2. The summed E-state index contributed by atoms with van der Waals surface area (Å²) in [6.07, 6.45) is 0.679. The van der Waals surface area contributed by atoms with Crippen molar-refractivity contribution in [3.8, 4) is 0 Å². The minimum atomic E-state index is -1.76. The number of rotatable bonds is 6. The third kappa shape index (κ3) is 3.04. The quantitative estimate of drug-likeness (QED) is 0.411. The van der Waals surface area contributed by atoms with Crippen LogP contribution in [0.2, 0.25) is 5.02 Å². The maximum atomic E-state index is 14.0. The highest BCUT2D eigenvalue weighted by molar-refractivity contribution is 6.50. The van der Waals surface area contributed by atoms with Gasteiger partial charge in [0.1, 0.15) is 5.76 Å². The number of anilines is 1. The number of aliphatic hydroxyl groups excluding tert-OH is 1. The molecule has 2 heterocycles. The van der Waals surface area contributed by atoms with E-state index in [0.29, 0.717) is 29.2 Å². The molecule has 2 aliphatic heterocycles. The first-order valence-electron chi connectivity index (χ1n) is 10.4. The average molecular weight is 455 g/mol. The Bertz CT molecular complexity index is 1130. The number of nitrogens with zero attached hydrogens (tertiary/aromatic N) is 2. The van der Waals surface area contributed by atoms with Crippen molar-refractivity contribution in [2.75, 3.05) is 31.7 Å². The largest absolute Gasteiger partial charge is 0.507 e. The highest BCUT2D eigenvalue weighted by atomic mass is 35.5. The predicted molar refractivity (Wildman–Crippen MR) is 120 cm³/mol. The van der Waals surface area contributed by atoms with E-state index < -0.39 is 28.9 Å².